The average molecular weight is 540 g/mol. The largest absolute Gasteiger partial charge is 0.480 e. The number of carbonyl (C=O) groups excluding carboxylic acids is 2. The van der Waals surface area contributed by atoms with E-state index in [0.29, 0.717) is 10.7 Å². The van der Waals surface area contributed by atoms with Crippen LogP contribution in [0.25, 0.3) is 17.0 Å². The number of aliphatic carboxylic acids is 1. The van der Waals surface area contributed by atoms with Crippen LogP contribution in [0, 0.1) is 18.8 Å². The number of anilines is 1. The number of aromatic nitrogens is 1. The lowest BCUT2D eigenvalue weighted by molar-refractivity contribution is -0.148. The van der Waals surface area contributed by atoms with Crippen LogP contribution in [0.15, 0.2) is 85.1 Å². The molecule has 2 aliphatic heterocycles. The van der Waals surface area contributed by atoms with Gasteiger partial charge in [-0.15, -0.1) is 0 Å². The number of aromatic amines is 1. The third-order valence-corrected chi connectivity index (χ3v) is 8.34. The molecule has 0 bridgehead atoms. The summed E-state index contributed by atoms with van der Waals surface area (Å²) < 4.78 is 0. The van der Waals surface area contributed by atoms with Crippen molar-refractivity contribution in [2.75, 3.05) is 4.90 Å². The van der Waals surface area contributed by atoms with Crippen LogP contribution < -0.4 is 10.2 Å². The second-order valence-electron chi connectivity index (χ2n) is 10.2. The van der Waals surface area contributed by atoms with Gasteiger partial charge < -0.3 is 10.1 Å². The van der Waals surface area contributed by atoms with Gasteiger partial charge in [0, 0.05) is 34.6 Å². The van der Waals surface area contributed by atoms with E-state index < -0.39 is 41.2 Å². The molecule has 2 aliphatic rings. The van der Waals surface area contributed by atoms with E-state index in [1.807, 2.05) is 67.6 Å². The highest BCUT2D eigenvalue weighted by Crippen LogP contribution is 2.47. The van der Waals surface area contributed by atoms with Gasteiger partial charge in [-0.05, 0) is 41.8 Å². The molecule has 3 aromatic carbocycles. The van der Waals surface area contributed by atoms with E-state index in [2.05, 4.69) is 10.3 Å². The number of carboxylic acids is 1. The smallest absolute Gasteiger partial charge is 0.325 e. The zero-order valence-electron chi connectivity index (χ0n) is 21.1. The number of nitrogens with zero attached hydrogens (tertiary/aromatic N) is 1. The number of halogens is 1. The molecule has 0 radical (unpaired) electrons. The van der Waals surface area contributed by atoms with Gasteiger partial charge in [-0.25, -0.2) is 4.90 Å². The van der Waals surface area contributed by atoms with Crippen molar-refractivity contribution < 1.29 is 19.5 Å². The van der Waals surface area contributed by atoms with Crippen LogP contribution in [-0.4, -0.2) is 39.5 Å². The van der Waals surface area contributed by atoms with Crippen molar-refractivity contribution in [3.63, 3.8) is 0 Å². The maximum Gasteiger partial charge on any atom is 0.325 e. The number of carbonyl (C=O) groups is 3. The molecule has 4 unspecified atom stereocenters. The lowest BCUT2D eigenvalue weighted by atomic mass is 9.76. The Morgan fingerprint density at radius 3 is 2.54 bits per heavy atom. The summed E-state index contributed by atoms with van der Waals surface area (Å²) in [6, 6.07) is 21.5. The van der Waals surface area contributed by atoms with E-state index in [9.17, 15) is 19.5 Å². The van der Waals surface area contributed by atoms with E-state index in [-0.39, 0.29) is 6.42 Å². The van der Waals surface area contributed by atoms with Crippen molar-refractivity contribution in [2.24, 2.45) is 11.8 Å². The summed E-state index contributed by atoms with van der Waals surface area (Å²) in [5.41, 5.74) is 1.96. The molecule has 4 aromatic rings. The van der Waals surface area contributed by atoms with Crippen molar-refractivity contribution in [2.45, 2.75) is 24.9 Å². The number of rotatable bonds is 6. The third kappa shape index (κ3) is 4.06. The van der Waals surface area contributed by atoms with Crippen LogP contribution in [-0.2, 0) is 20.8 Å². The molecule has 2 fully saturated rings. The first-order valence-electron chi connectivity index (χ1n) is 12.7. The minimum atomic E-state index is -1.71. The van der Waals surface area contributed by atoms with Crippen LogP contribution in [0.2, 0.25) is 5.02 Å². The second kappa shape index (κ2) is 9.52. The molecular formula is C31H26ClN3O4. The van der Waals surface area contributed by atoms with Gasteiger partial charge in [0.15, 0.2) is 0 Å². The van der Waals surface area contributed by atoms with Gasteiger partial charge in [0.2, 0.25) is 11.8 Å². The molecular weight excluding hydrogens is 514 g/mol. The molecule has 4 atom stereocenters. The zero-order valence-corrected chi connectivity index (χ0v) is 21.9. The van der Waals surface area contributed by atoms with Crippen LogP contribution in [0.3, 0.4) is 0 Å². The number of hydrogen-bond donors (Lipinski definition) is 3. The summed E-state index contributed by atoms with van der Waals surface area (Å²) in [7, 11) is 0. The number of amides is 2. The predicted octanol–water partition coefficient (Wildman–Crippen LogP) is 4.99. The Hall–Kier alpha value is -4.20. The fourth-order valence-electron chi connectivity index (χ4n) is 5.98. The number of aryl methyl sites for hydroxylation is 1. The van der Waals surface area contributed by atoms with Crippen molar-refractivity contribution in [3.05, 3.63) is 107 Å². The number of para-hydroxylation sites is 1. The van der Waals surface area contributed by atoms with Gasteiger partial charge in [0.05, 0.1) is 17.5 Å². The Bertz CT molecular complexity index is 1650. The number of fused-ring (bicyclic) bond motifs is 2. The number of H-pyrrole nitrogens is 1. The van der Waals surface area contributed by atoms with E-state index >= 15 is 0 Å². The summed E-state index contributed by atoms with van der Waals surface area (Å²) in [4.78, 5) is 45.4. The molecule has 3 heterocycles. The fourth-order valence-corrected chi connectivity index (χ4v) is 6.15. The molecule has 2 saturated heterocycles. The quantitative estimate of drug-likeness (QED) is 0.300. The normalized spacial score (nSPS) is 24.7. The van der Waals surface area contributed by atoms with Crippen molar-refractivity contribution >= 4 is 52.1 Å². The number of carboxylic acid groups (broad SMARTS) is 1. The highest BCUT2D eigenvalue weighted by molar-refractivity contribution is 6.32. The standard InChI is InChI=1S/C31H26ClN3O4/c1-18-11-13-21(15-23(18)32)35-28(36)26-25(14-12-19-7-3-2-4-8-19)34-31(30(38)39,27(26)29(35)37)16-20-17-33-24-10-6-5-9-22(20)24/h2-15,17,25-27,33-34H,16H2,1H3,(H,38,39)/b14-12+. The molecule has 0 saturated carbocycles. The minimum Gasteiger partial charge on any atom is -0.480 e. The van der Waals surface area contributed by atoms with E-state index in [4.69, 9.17) is 11.6 Å². The molecule has 0 spiro atoms. The average Bonchev–Trinajstić information content (AvgIpc) is 3.57. The van der Waals surface area contributed by atoms with Crippen LogP contribution in [0.4, 0.5) is 5.69 Å². The van der Waals surface area contributed by atoms with Crippen LogP contribution >= 0.6 is 11.6 Å². The molecule has 196 valence electrons. The summed E-state index contributed by atoms with van der Waals surface area (Å²) in [5, 5.41) is 15.3. The molecule has 1 aromatic heterocycles. The van der Waals surface area contributed by atoms with E-state index in [1.165, 1.54) is 0 Å². The Labute approximate surface area is 230 Å². The Morgan fingerprint density at radius 2 is 1.79 bits per heavy atom. The Morgan fingerprint density at radius 1 is 1.05 bits per heavy atom. The number of benzene rings is 3. The van der Waals surface area contributed by atoms with Crippen molar-refractivity contribution in [1.29, 1.82) is 0 Å². The summed E-state index contributed by atoms with van der Waals surface area (Å²) in [6.07, 6.45) is 5.44. The summed E-state index contributed by atoms with van der Waals surface area (Å²) in [6.45, 7) is 1.83. The first kappa shape index (κ1) is 25.1. The van der Waals surface area contributed by atoms with Crippen LogP contribution in [0.1, 0.15) is 16.7 Å². The topological polar surface area (TPSA) is 102 Å². The first-order valence-corrected chi connectivity index (χ1v) is 13.1. The SMILES string of the molecule is Cc1ccc(N2C(=O)C3C(/C=C/c4ccccc4)NC(Cc4c[nH]c5ccccc45)(C(=O)O)C3C2=O)cc1Cl. The first-order chi connectivity index (χ1) is 18.8. The number of imide groups is 1. The minimum absolute atomic E-state index is 0.0186. The molecule has 3 N–H and O–H groups in total. The summed E-state index contributed by atoms with van der Waals surface area (Å²) >= 11 is 6.34. The molecule has 8 heteroatoms. The highest BCUT2D eigenvalue weighted by atomic mass is 35.5. The van der Waals surface area contributed by atoms with Gasteiger partial charge in [-0.2, -0.15) is 0 Å². The molecule has 0 aliphatic carbocycles. The van der Waals surface area contributed by atoms with E-state index in [0.717, 1.165) is 32.5 Å². The molecule has 39 heavy (non-hydrogen) atoms. The molecule has 6 rings (SSSR count). The summed E-state index contributed by atoms with van der Waals surface area (Å²) in [5.74, 6) is -4.19. The molecule has 7 nitrogen and oxygen atoms in total. The Kier molecular flexibility index (Phi) is 6.13. The maximum absolute atomic E-state index is 14.1. The fraction of sp³-hybridized carbons (Fsp3) is 0.194. The van der Waals surface area contributed by atoms with E-state index in [1.54, 1.807) is 30.5 Å². The van der Waals surface area contributed by atoms with Gasteiger partial charge in [-0.1, -0.05) is 78.4 Å². The van der Waals surface area contributed by atoms with Crippen molar-refractivity contribution in [1.82, 2.24) is 10.3 Å². The highest BCUT2D eigenvalue weighted by Gasteiger charge is 2.68. The van der Waals surface area contributed by atoms with Crippen LogP contribution in [0.5, 0.6) is 0 Å². The number of hydrogen-bond acceptors (Lipinski definition) is 4. The third-order valence-electron chi connectivity index (χ3n) is 7.93. The van der Waals surface area contributed by atoms with Gasteiger partial charge >= 0.3 is 5.97 Å². The van der Waals surface area contributed by atoms with Gasteiger partial charge in [-0.3, -0.25) is 19.7 Å². The Balaban J connectivity index is 1.47. The predicted molar refractivity (Wildman–Crippen MR) is 150 cm³/mol. The van der Waals surface area contributed by atoms with Crippen molar-refractivity contribution in [3.8, 4) is 0 Å². The lowest BCUT2D eigenvalue weighted by Gasteiger charge is -2.31. The van der Waals surface area contributed by atoms with Gasteiger partial charge in [0.1, 0.15) is 5.54 Å². The van der Waals surface area contributed by atoms with Gasteiger partial charge in [0.25, 0.3) is 0 Å². The lowest BCUT2D eigenvalue weighted by Crippen LogP contribution is -2.58. The number of nitrogens with one attached hydrogen (secondary N) is 2. The zero-order chi connectivity index (χ0) is 27.3. The monoisotopic (exact) mass is 539 g/mol. The second-order valence-corrected chi connectivity index (χ2v) is 10.6. The maximum atomic E-state index is 14.1. The molecule has 2 amide bonds.